The first-order valence-electron chi connectivity index (χ1n) is 8.38. The zero-order chi connectivity index (χ0) is 18.1. The van der Waals surface area contributed by atoms with E-state index in [1.54, 1.807) is 40.9 Å². The van der Waals surface area contributed by atoms with Crippen molar-refractivity contribution in [2.75, 3.05) is 5.32 Å². The van der Waals surface area contributed by atoms with Crippen LogP contribution in [0.4, 0.5) is 5.82 Å². The normalized spacial score (nSPS) is 11.0. The minimum atomic E-state index is -0.232. The van der Waals surface area contributed by atoms with Crippen molar-refractivity contribution in [3.8, 4) is 11.3 Å². The van der Waals surface area contributed by atoms with Gasteiger partial charge in [-0.25, -0.2) is 9.67 Å². The molecule has 7 heteroatoms. The van der Waals surface area contributed by atoms with Crippen molar-refractivity contribution >= 4 is 22.8 Å². The summed E-state index contributed by atoms with van der Waals surface area (Å²) in [5, 5.41) is 12.1. The molecule has 3 aromatic heterocycles. The highest BCUT2D eigenvalue weighted by atomic mass is 16.1. The first kappa shape index (κ1) is 16.0. The molecule has 0 atom stereocenters. The predicted octanol–water partition coefficient (Wildman–Crippen LogP) is 3.10. The molecule has 3 heterocycles. The van der Waals surface area contributed by atoms with E-state index in [0.29, 0.717) is 23.6 Å². The lowest BCUT2D eigenvalue weighted by molar-refractivity contribution is 0.102. The Labute approximate surface area is 150 Å². The average molecular weight is 346 g/mol. The Balaban J connectivity index is 1.84. The molecule has 4 aromatic rings. The van der Waals surface area contributed by atoms with E-state index in [1.807, 2.05) is 37.3 Å². The maximum atomic E-state index is 12.9. The first-order chi connectivity index (χ1) is 12.7. The van der Waals surface area contributed by atoms with Crippen LogP contribution in [0, 0.1) is 0 Å². The fraction of sp³-hybridized carbons (Fsp3) is 0.158. The van der Waals surface area contributed by atoms with Crippen molar-refractivity contribution in [2.24, 2.45) is 7.05 Å². The summed E-state index contributed by atoms with van der Waals surface area (Å²) in [5.41, 5.74) is 2.91. The average Bonchev–Trinajstić information content (AvgIpc) is 3.27. The lowest BCUT2D eigenvalue weighted by atomic mass is 10.1. The standard InChI is InChI=1S/C19H18N6O/c1-3-25-18-15(12-20-25)14(19(26)22-17-9-10-24(2)23-17)11-16(21-18)13-7-5-4-6-8-13/h4-12H,3H2,1-2H3,(H,22,23,26). The third kappa shape index (κ3) is 2.83. The molecule has 4 rings (SSSR count). The fourth-order valence-corrected chi connectivity index (χ4v) is 2.89. The SMILES string of the molecule is CCn1ncc2c(C(=O)Nc3ccn(C)n3)cc(-c3ccccc3)nc21. The number of nitrogens with one attached hydrogen (secondary N) is 1. The molecule has 0 aliphatic carbocycles. The summed E-state index contributed by atoms with van der Waals surface area (Å²) < 4.78 is 3.43. The lowest BCUT2D eigenvalue weighted by Crippen LogP contribution is -2.14. The van der Waals surface area contributed by atoms with E-state index >= 15 is 0 Å². The molecule has 7 nitrogen and oxygen atoms in total. The van der Waals surface area contributed by atoms with Crippen LogP contribution >= 0.6 is 0 Å². The Kier molecular flexibility index (Phi) is 3.96. The molecule has 0 spiro atoms. The second-order valence-corrected chi connectivity index (χ2v) is 5.95. The van der Waals surface area contributed by atoms with Gasteiger partial charge in [-0.1, -0.05) is 30.3 Å². The number of aryl methyl sites for hydroxylation is 2. The van der Waals surface area contributed by atoms with E-state index in [9.17, 15) is 4.79 Å². The Hall–Kier alpha value is -3.48. The second-order valence-electron chi connectivity index (χ2n) is 5.95. The monoisotopic (exact) mass is 346 g/mol. The van der Waals surface area contributed by atoms with E-state index in [1.165, 1.54) is 0 Å². The number of pyridine rings is 1. The summed E-state index contributed by atoms with van der Waals surface area (Å²) in [6.07, 6.45) is 3.47. The van der Waals surface area contributed by atoms with Gasteiger partial charge < -0.3 is 5.32 Å². The molecular formula is C19H18N6O. The topological polar surface area (TPSA) is 77.6 Å². The van der Waals surface area contributed by atoms with Gasteiger partial charge in [0.1, 0.15) is 0 Å². The van der Waals surface area contributed by atoms with Gasteiger partial charge in [0.15, 0.2) is 11.5 Å². The molecule has 0 radical (unpaired) electrons. The highest BCUT2D eigenvalue weighted by Gasteiger charge is 2.18. The Morgan fingerprint density at radius 1 is 1.19 bits per heavy atom. The van der Waals surface area contributed by atoms with Crippen molar-refractivity contribution in [2.45, 2.75) is 13.5 Å². The zero-order valence-corrected chi connectivity index (χ0v) is 14.5. The first-order valence-corrected chi connectivity index (χ1v) is 8.38. The highest BCUT2D eigenvalue weighted by molar-refractivity contribution is 6.12. The number of benzene rings is 1. The van der Waals surface area contributed by atoms with E-state index in [-0.39, 0.29) is 5.91 Å². The van der Waals surface area contributed by atoms with Crippen LogP contribution in [0.25, 0.3) is 22.3 Å². The zero-order valence-electron chi connectivity index (χ0n) is 14.5. The Morgan fingerprint density at radius 2 is 2.00 bits per heavy atom. The molecule has 0 aliphatic heterocycles. The maximum Gasteiger partial charge on any atom is 0.257 e. The van der Waals surface area contributed by atoms with Crippen LogP contribution < -0.4 is 5.32 Å². The van der Waals surface area contributed by atoms with Crippen molar-refractivity contribution in [3.05, 3.63) is 60.4 Å². The number of amides is 1. The van der Waals surface area contributed by atoms with E-state index < -0.39 is 0 Å². The van der Waals surface area contributed by atoms with Crippen LogP contribution in [0.5, 0.6) is 0 Å². The lowest BCUT2D eigenvalue weighted by Gasteiger charge is -2.08. The van der Waals surface area contributed by atoms with Crippen LogP contribution in [-0.4, -0.2) is 30.5 Å². The minimum Gasteiger partial charge on any atom is -0.305 e. The molecule has 0 saturated heterocycles. The van der Waals surface area contributed by atoms with Gasteiger partial charge in [-0.15, -0.1) is 0 Å². The molecular weight excluding hydrogens is 328 g/mol. The Morgan fingerprint density at radius 3 is 2.69 bits per heavy atom. The number of carbonyl (C=O) groups excluding carboxylic acids is 1. The van der Waals surface area contributed by atoms with Crippen molar-refractivity contribution in [1.82, 2.24) is 24.5 Å². The summed E-state index contributed by atoms with van der Waals surface area (Å²) >= 11 is 0. The van der Waals surface area contributed by atoms with Crippen LogP contribution in [-0.2, 0) is 13.6 Å². The van der Waals surface area contributed by atoms with Gasteiger partial charge >= 0.3 is 0 Å². The number of anilines is 1. The van der Waals surface area contributed by atoms with Crippen LogP contribution in [0.1, 0.15) is 17.3 Å². The number of nitrogens with zero attached hydrogens (tertiary/aromatic N) is 5. The van der Waals surface area contributed by atoms with Gasteiger partial charge in [0.05, 0.1) is 22.8 Å². The summed E-state index contributed by atoms with van der Waals surface area (Å²) in [5.74, 6) is 0.274. The maximum absolute atomic E-state index is 12.9. The third-order valence-corrected chi connectivity index (χ3v) is 4.18. The van der Waals surface area contributed by atoms with Crippen LogP contribution in [0.2, 0.25) is 0 Å². The molecule has 1 N–H and O–H groups in total. The van der Waals surface area contributed by atoms with Crippen LogP contribution in [0.3, 0.4) is 0 Å². The highest BCUT2D eigenvalue weighted by Crippen LogP contribution is 2.25. The molecule has 0 fully saturated rings. The van der Waals surface area contributed by atoms with Gasteiger partial charge in [-0.05, 0) is 13.0 Å². The molecule has 0 bridgehead atoms. The summed E-state index contributed by atoms with van der Waals surface area (Å²) in [7, 11) is 1.80. The number of carbonyl (C=O) groups is 1. The van der Waals surface area contributed by atoms with Gasteiger partial charge in [0, 0.05) is 31.4 Å². The third-order valence-electron chi connectivity index (χ3n) is 4.18. The molecule has 130 valence electrons. The quantitative estimate of drug-likeness (QED) is 0.616. The molecule has 1 amide bonds. The minimum absolute atomic E-state index is 0.232. The van der Waals surface area contributed by atoms with Crippen molar-refractivity contribution < 1.29 is 4.79 Å². The smallest absolute Gasteiger partial charge is 0.257 e. The fourth-order valence-electron chi connectivity index (χ4n) is 2.89. The number of aromatic nitrogens is 5. The van der Waals surface area contributed by atoms with Gasteiger partial charge in [-0.3, -0.25) is 9.48 Å². The summed E-state index contributed by atoms with van der Waals surface area (Å²) in [6.45, 7) is 2.67. The summed E-state index contributed by atoms with van der Waals surface area (Å²) in [6, 6.07) is 13.4. The summed E-state index contributed by atoms with van der Waals surface area (Å²) in [4.78, 5) is 17.6. The van der Waals surface area contributed by atoms with E-state index in [0.717, 1.165) is 16.6 Å². The number of rotatable bonds is 4. The number of fused-ring (bicyclic) bond motifs is 1. The van der Waals surface area contributed by atoms with Crippen LogP contribution in [0.15, 0.2) is 54.9 Å². The van der Waals surface area contributed by atoms with Gasteiger partial charge in [0.25, 0.3) is 5.91 Å². The largest absolute Gasteiger partial charge is 0.305 e. The van der Waals surface area contributed by atoms with E-state index in [2.05, 4.69) is 15.5 Å². The molecule has 1 aromatic carbocycles. The predicted molar refractivity (Wildman–Crippen MR) is 99.8 cm³/mol. The second kappa shape index (κ2) is 6.44. The van der Waals surface area contributed by atoms with E-state index in [4.69, 9.17) is 4.98 Å². The number of hydrogen-bond acceptors (Lipinski definition) is 4. The molecule has 26 heavy (non-hydrogen) atoms. The molecule has 0 unspecified atom stereocenters. The number of hydrogen-bond donors (Lipinski definition) is 1. The molecule has 0 aliphatic rings. The Bertz CT molecular complexity index is 1080. The van der Waals surface area contributed by atoms with Crippen molar-refractivity contribution in [3.63, 3.8) is 0 Å². The van der Waals surface area contributed by atoms with Crippen molar-refractivity contribution in [1.29, 1.82) is 0 Å². The van der Waals surface area contributed by atoms with Gasteiger partial charge in [-0.2, -0.15) is 10.2 Å². The van der Waals surface area contributed by atoms with Gasteiger partial charge in [0.2, 0.25) is 0 Å². The molecule has 0 saturated carbocycles.